The molecule has 3 aromatic rings. The fourth-order valence-corrected chi connectivity index (χ4v) is 2.77. The summed E-state index contributed by atoms with van der Waals surface area (Å²) < 4.78 is 1.78. The normalized spacial score (nSPS) is 10.4. The van der Waals surface area contributed by atoms with Gasteiger partial charge in [-0.2, -0.15) is 5.10 Å². The molecule has 1 heterocycles. The minimum atomic E-state index is 0.474. The van der Waals surface area contributed by atoms with E-state index in [-0.39, 0.29) is 0 Å². The Balaban J connectivity index is 1.66. The predicted molar refractivity (Wildman–Crippen MR) is 104 cm³/mol. The van der Waals surface area contributed by atoms with Crippen LogP contribution in [0.1, 0.15) is 5.56 Å². The van der Waals surface area contributed by atoms with Crippen molar-refractivity contribution in [3.63, 3.8) is 0 Å². The Morgan fingerprint density at radius 3 is 2.67 bits per heavy atom. The molecule has 0 saturated heterocycles. The standard InChI is InChI=1S/C17H14Cl2N4S/c18-13-9-20-23(11-13)10-12-4-3-5-14(8-12)21-17(24)22-16-7-2-1-6-15(16)19/h1-9,11H,10H2,(H2,21,22,24). The fraction of sp³-hybridized carbons (Fsp3) is 0.0588. The average molecular weight is 377 g/mol. The summed E-state index contributed by atoms with van der Waals surface area (Å²) in [6.07, 6.45) is 3.40. The van der Waals surface area contributed by atoms with Crippen molar-refractivity contribution in [1.29, 1.82) is 0 Å². The van der Waals surface area contributed by atoms with Crippen LogP contribution in [0.5, 0.6) is 0 Å². The summed E-state index contributed by atoms with van der Waals surface area (Å²) in [5, 5.41) is 12.1. The van der Waals surface area contributed by atoms with Crippen molar-refractivity contribution in [2.45, 2.75) is 6.54 Å². The molecule has 0 unspecified atom stereocenters. The van der Waals surface area contributed by atoms with E-state index in [0.717, 1.165) is 16.9 Å². The van der Waals surface area contributed by atoms with Gasteiger partial charge in [0.2, 0.25) is 0 Å². The predicted octanol–water partition coefficient (Wildman–Crippen LogP) is 5.05. The van der Waals surface area contributed by atoms with E-state index in [2.05, 4.69) is 15.7 Å². The zero-order valence-corrected chi connectivity index (χ0v) is 14.9. The van der Waals surface area contributed by atoms with Crippen LogP contribution < -0.4 is 10.6 Å². The number of thiocarbonyl (C=S) groups is 1. The first-order valence-electron chi connectivity index (χ1n) is 7.19. The zero-order chi connectivity index (χ0) is 16.9. The third-order valence-corrected chi connectivity index (χ3v) is 3.98. The van der Waals surface area contributed by atoms with Crippen LogP contribution in [-0.4, -0.2) is 14.9 Å². The van der Waals surface area contributed by atoms with Crippen molar-refractivity contribution in [2.75, 3.05) is 10.6 Å². The molecule has 2 aromatic carbocycles. The lowest BCUT2D eigenvalue weighted by atomic mass is 10.2. The van der Waals surface area contributed by atoms with Crippen LogP contribution in [0.2, 0.25) is 10.0 Å². The van der Waals surface area contributed by atoms with Gasteiger partial charge in [0.1, 0.15) is 0 Å². The van der Waals surface area contributed by atoms with Crippen LogP contribution in [0.15, 0.2) is 60.9 Å². The van der Waals surface area contributed by atoms with E-state index in [0.29, 0.717) is 21.7 Å². The van der Waals surface area contributed by atoms with Crippen molar-refractivity contribution >= 4 is 51.9 Å². The van der Waals surface area contributed by atoms with Gasteiger partial charge < -0.3 is 10.6 Å². The summed E-state index contributed by atoms with van der Waals surface area (Å²) in [6, 6.07) is 15.4. The lowest BCUT2D eigenvalue weighted by molar-refractivity contribution is 0.687. The number of anilines is 2. The van der Waals surface area contributed by atoms with Crippen molar-refractivity contribution < 1.29 is 0 Å². The third kappa shape index (κ3) is 4.47. The maximum atomic E-state index is 6.12. The van der Waals surface area contributed by atoms with Gasteiger partial charge in [0.25, 0.3) is 0 Å². The van der Waals surface area contributed by atoms with Crippen LogP contribution in [0.3, 0.4) is 0 Å². The van der Waals surface area contributed by atoms with E-state index in [1.54, 1.807) is 17.1 Å². The fourth-order valence-electron chi connectivity index (χ4n) is 2.21. The van der Waals surface area contributed by atoms with Gasteiger partial charge in [-0.3, -0.25) is 4.68 Å². The van der Waals surface area contributed by atoms with Gasteiger partial charge in [0.15, 0.2) is 5.11 Å². The van der Waals surface area contributed by atoms with E-state index in [9.17, 15) is 0 Å². The van der Waals surface area contributed by atoms with Gasteiger partial charge in [-0.15, -0.1) is 0 Å². The number of hydrogen-bond acceptors (Lipinski definition) is 2. The van der Waals surface area contributed by atoms with E-state index in [1.165, 1.54) is 0 Å². The molecule has 0 spiro atoms. The number of para-hydroxylation sites is 1. The van der Waals surface area contributed by atoms with Crippen LogP contribution >= 0.6 is 35.4 Å². The summed E-state index contributed by atoms with van der Waals surface area (Å²) in [6.45, 7) is 0.632. The smallest absolute Gasteiger partial charge is 0.175 e. The molecule has 4 nitrogen and oxygen atoms in total. The molecule has 0 saturated carbocycles. The van der Waals surface area contributed by atoms with Crippen LogP contribution in [0, 0.1) is 0 Å². The van der Waals surface area contributed by atoms with Crippen molar-refractivity contribution in [2.24, 2.45) is 0 Å². The highest BCUT2D eigenvalue weighted by atomic mass is 35.5. The third-order valence-electron chi connectivity index (χ3n) is 3.25. The van der Waals surface area contributed by atoms with Crippen LogP contribution in [-0.2, 0) is 6.54 Å². The van der Waals surface area contributed by atoms with Crippen molar-refractivity contribution in [3.05, 3.63) is 76.5 Å². The minimum Gasteiger partial charge on any atom is -0.332 e. The summed E-state index contributed by atoms with van der Waals surface area (Å²) in [5.41, 5.74) is 2.73. The van der Waals surface area contributed by atoms with Gasteiger partial charge in [0, 0.05) is 11.9 Å². The van der Waals surface area contributed by atoms with Crippen molar-refractivity contribution in [1.82, 2.24) is 9.78 Å². The summed E-state index contributed by atoms with van der Waals surface area (Å²) in [7, 11) is 0. The van der Waals surface area contributed by atoms with Gasteiger partial charge >= 0.3 is 0 Å². The summed E-state index contributed by atoms with van der Waals surface area (Å²) in [5.74, 6) is 0. The molecule has 0 aliphatic heterocycles. The number of rotatable bonds is 4. The molecule has 2 N–H and O–H groups in total. The first-order valence-corrected chi connectivity index (χ1v) is 8.36. The second-order valence-corrected chi connectivity index (χ2v) is 6.37. The van der Waals surface area contributed by atoms with Gasteiger partial charge in [-0.05, 0) is 42.0 Å². The highest BCUT2D eigenvalue weighted by molar-refractivity contribution is 7.80. The Hall–Kier alpha value is -2.08. The number of nitrogens with zero attached hydrogens (tertiary/aromatic N) is 2. The van der Waals surface area contributed by atoms with Crippen LogP contribution in [0.25, 0.3) is 0 Å². The Morgan fingerprint density at radius 1 is 1.08 bits per heavy atom. The van der Waals surface area contributed by atoms with E-state index in [4.69, 9.17) is 35.4 Å². The highest BCUT2D eigenvalue weighted by Gasteiger charge is 2.04. The molecule has 0 atom stereocenters. The molecule has 0 aliphatic carbocycles. The minimum absolute atomic E-state index is 0.474. The molecule has 0 amide bonds. The Labute approximate surface area is 155 Å². The Bertz CT molecular complexity index is 863. The molecule has 24 heavy (non-hydrogen) atoms. The van der Waals surface area contributed by atoms with Crippen molar-refractivity contribution in [3.8, 4) is 0 Å². The van der Waals surface area contributed by atoms with E-state index >= 15 is 0 Å². The lowest BCUT2D eigenvalue weighted by Gasteiger charge is -2.12. The molecule has 0 aliphatic rings. The Morgan fingerprint density at radius 2 is 1.92 bits per heavy atom. The van der Waals surface area contributed by atoms with Gasteiger partial charge in [0.05, 0.1) is 28.5 Å². The Kier molecular flexibility index (Phi) is 5.35. The topological polar surface area (TPSA) is 41.9 Å². The molecule has 3 rings (SSSR count). The second kappa shape index (κ2) is 7.66. The first kappa shape index (κ1) is 16.8. The van der Waals surface area contributed by atoms with Gasteiger partial charge in [-0.25, -0.2) is 0 Å². The number of halogens is 2. The maximum Gasteiger partial charge on any atom is 0.175 e. The molecule has 0 fully saturated rings. The number of nitrogens with one attached hydrogen (secondary N) is 2. The molecular formula is C17H14Cl2N4S. The SMILES string of the molecule is S=C(Nc1cccc(Cn2cc(Cl)cn2)c1)Nc1ccccc1Cl. The molecule has 1 aromatic heterocycles. The zero-order valence-electron chi connectivity index (χ0n) is 12.5. The molecule has 0 bridgehead atoms. The first-order chi connectivity index (χ1) is 11.6. The largest absolute Gasteiger partial charge is 0.332 e. The molecule has 7 heteroatoms. The molecule has 0 radical (unpaired) electrons. The van der Waals surface area contributed by atoms with E-state index in [1.807, 2.05) is 48.5 Å². The molecular weight excluding hydrogens is 363 g/mol. The summed E-state index contributed by atoms with van der Waals surface area (Å²) >= 11 is 17.3. The number of hydrogen-bond donors (Lipinski definition) is 2. The quantitative estimate of drug-likeness (QED) is 0.625. The number of benzene rings is 2. The van der Waals surface area contributed by atoms with E-state index < -0.39 is 0 Å². The monoisotopic (exact) mass is 376 g/mol. The number of aromatic nitrogens is 2. The average Bonchev–Trinajstić information content (AvgIpc) is 2.95. The second-order valence-electron chi connectivity index (χ2n) is 5.12. The summed E-state index contributed by atoms with van der Waals surface area (Å²) in [4.78, 5) is 0. The lowest BCUT2D eigenvalue weighted by Crippen LogP contribution is -2.19. The van der Waals surface area contributed by atoms with Crippen LogP contribution in [0.4, 0.5) is 11.4 Å². The maximum absolute atomic E-state index is 6.12. The highest BCUT2D eigenvalue weighted by Crippen LogP contribution is 2.21. The van der Waals surface area contributed by atoms with Gasteiger partial charge in [-0.1, -0.05) is 47.5 Å². The molecule has 122 valence electrons.